The Morgan fingerprint density at radius 1 is 1.53 bits per heavy atom. The van der Waals surface area contributed by atoms with Crippen molar-refractivity contribution in [3.05, 3.63) is 47.6 Å². The van der Waals surface area contributed by atoms with Gasteiger partial charge in [-0.25, -0.2) is 0 Å². The number of allylic oxidation sites excluding steroid dienone is 6. The molecule has 0 bridgehead atoms. The molecule has 0 aliphatic carbocycles. The minimum absolute atomic E-state index is 0.0622. The summed E-state index contributed by atoms with van der Waals surface area (Å²) in [6, 6.07) is -0.771. The van der Waals surface area contributed by atoms with Gasteiger partial charge in [-0.1, -0.05) is 49.3 Å². The molecule has 2 atom stereocenters. The lowest BCUT2D eigenvalue weighted by atomic mass is 10.0. The van der Waals surface area contributed by atoms with Crippen molar-refractivity contribution in [1.29, 1.82) is 0 Å². The van der Waals surface area contributed by atoms with Crippen molar-refractivity contribution in [3.8, 4) is 12.3 Å². The van der Waals surface area contributed by atoms with Gasteiger partial charge in [-0.2, -0.15) is 0 Å². The summed E-state index contributed by atoms with van der Waals surface area (Å²) in [4.78, 5) is 18.4. The Bertz CT molecular complexity index is 741. The number of amidine groups is 1. The van der Waals surface area contributed by atoms with Crippen LogP contribution < -0.4 is 11.1 Å². The molecule has 1 amide bonds. The van der Waals surface area contributed by atoms with E-state index < -0.39 is 11.9 Å². The lowest BCUT2D eigenvalue weighted by Crippen LogP contribution is -2.49. The lowest BCUT2D eigenvalue weighted by molar-refractivity contribution is -0.118. The molecule has 164 valence electrons. The van der Waals surface area contributed by atoms with E-state index in [9.17, 15) is 4.79 Å². The fraction of sp³-hybridized carbons (Fsp3) is 0.500. The van der Waals surface area contributed by atoms with E-state index in [4.69, 9.17) is 21.9 Å². The van der Waals surface area contributed by atoms with Crippen LogP contribution in [0, 0.1) is 12.3 Å². The van der Waals surface area contributed by atoms with Gasteiger partial charge in [-0.05, 0) is 38.3 Å². The van der Waals surface area contributed by atoms with Crippen LogP contribution in [0.2, 0.25) is 0 Å². The van der Waals surface area contributed by atoms with Gasteiger partial charge in [0, 0.05) is 19.2 Å². The number of aliphatic imine (C=N–C) groups is 1. The second-order valence-electron chi connectivity index (χ2n) is 6.86. The number of primary amides is 1. The third-order valence-corrected chi connectivity index (χ3v) is 4.62. The van der Waals surface area contributed by atoms with Crippen molar-refractivity contribution in [2.75, 3.05) is 32.8 Å². The number of hydrogen-bond acceptors (Lipinski definition) is 5. The van der Waals surface area contributed by atoms with E-state index in [1.54, 1.807) is 0 Å². The highest BCUT2D eigenvalue weighted by molar-refractivity contribution is 5.87. The summed E-state index contributed by atoms with van der Waals surface area (Å²) in [7, 11) is 0. The maximum Gasteiger partial charge on any atom is 0.247 e. The quantitative estimate of drug-likeness (QED) is 0.311. The highest BCUT2D eigenvalue weighted by Gasteiger charge is 2.20. The Morgan fingerprint density at radius 3 is 2.90 bits per heavy atom. The summed E-state index contributed by atoms with van der Waals surface area (Å²) in [5, 5.41) is 3.03. The molecule has 0 fully saturated rings. The Labute approximate surface area is 181 Å². The largest absolute Gasteiger partial charge is 0.380 e. The Morgan fingerprint density at radius 2 is 2.30 bits per heavy atom. The van der Waals surface area contributed by atoms with Crippen molar-refractivity contribution in [3.63, 3.8) is 0 Å². The highest BCUT2D eigenvalue weighted by atomic mass is 16.5. The van der Waals surface area contributed by atoms with Crippen molar-refractivity contribution in [2.24, 2.45) is 10.7 Å². The predicted molar refractivity (Wildman–Crippen MR) is 125 cm³/mol. The third-order valence-electron chi connectivity index (χ3n) is 4.62. The molecule has 1 aliphatic heterocycles. The molecular formula is C24H36N4O2. The number of nitrogens with zero attached hydrogens (tertiary/aromatic N) is 2. The normalized spacial score (nSPS) is 19.9. The molecule has 1 rings (SSSR count). The van der Waals surface area contributed by atoms with Crippen molar-refractivity contribution in [1.82, 2.24) is 10.2 Å². The Kier molecular flexibility index (Phi) is 12.2. The summed E-state index contributed by atoms with van der Waals surface area (Å²) in [5.41, 5.74) is 7.71. The van der Waals surface area contributed by atoms with Crippen LogP contribution >= 0.6 is 0 Å². The zero-order valence-electron chi connectivity index (χ0n) is 18.7. The number of carbonyl (C=O) groups excluding carboxylic acids is 1. The first-order chi connectivity index (χ1) is 14.5. The SMILES string of the molecule is C#C[C@H](NCC1=NC/C=C\C(C(/C=C\C)=C/CC)=CC(C)N1CCOCC)C(N)=O. The van der Waals surface area contributed by atoms with Gasteiger partial charge >= 0.3 is 0 Å². The van der Waals surface area contributed by atoms with Gasteiger partial charge < -0.3 is 15.4 Å². The Hall–Kier alpha value is -2.62. The van der Waals surface area contributed by atoms with Crippen LogP contribution in [-0.2, 0) is 9.53 Å². The summed E-state index contributed by atoms with van der Waals surface area (Å²) in [6.07, 6.45) is 19.2. The van der Waals surface area contributed by atoms with E-state index in [2.05, 4.69) is 60.4 Å². The topological polar surface area (TPSA) is 79.9 Å². The molecule has 3 N–H and O–H groups in total. The van der Waals surface area contributed by atoms with Gasteiger partial charge in [-0.15, -0.1) is 6.42 Å². The van der Waals surface area contributed by atoms with Crippen molar-refractivity contribution >= 4 is 11.7 Å². The smallest absolute Gasteiger partial charge is 0.247 e. The maximum atomic E-state index is 11.5. The molecule has 30 heavy (non-hydrogen) atoms. The zero-order chi connectivity index (χ0) is 22.4. The number of rotatable bonds is 11. The summed E-state index contributed by atoms with van der Waals surface area (Å²) in [6.45, 7) is 11.0. The van der Waals surface area contributed by atoms with Crippen LogP contribution in [0.15, 0.2) is 52.6 Å². The second kappa shape index (κ2) is 14.4. The second-order valence-corrected chi connectivity index (χ2v) is 6.86. The van der Waals surface area contributed by atoms with E-state index >= 15 is 0 Å². The van der Waals surface area contributed by atoms with E-state index in [-0.39, 0.29) is 6.04 Å². The highest BCUT2D eigenvalue weighted by Crippen LogP contribution is 2.19. The molecule has 1 unspecified atom stereocenters. The maximum absolute atomic E-state index is 11.5. The number of hydrogen-bond donors (Lipinski definition) is 2. The molecule has 0 radical (unpaired) electrons. The molecular weight excluding hydrogens is 376 g/mol. The van der Waals surface area contributed by atoms with Gasteiger partial charge in [0.15, 0.2) is 0 Å². The minimum atomic E-state index is -0.834. The van der Waals surface area contributed by atoms with Crippen LogP contribution in [0.25, 0.3) is 0 Å². The number of nitrogens with one attached hydrogen (secondary N) is 1. The van der Waals surface area contributed by atoms with Gasteiger partial charge in [0.1, 0.15) is 11.9 Å². The molecule has 0 aromatic rings. The number of amides is 1. The molecule has 0 spiro atoms. The van der Waals surface area contributed by atoms with Crippen LogP contribution in [0.4, 0.5) is 0 Å². The van der Waals surface area contributed by atoms with Crippen LogP contribution in [0.5, 0.6) is 0 Å². The average molecular weight is 413 g/mol. The molecule has 6 nitrogen and oxygen atoms in total. The minimum Gasteiger partial charge on any atom is -0.380 e. The zero-order valence-corrected chi connectivity index (χ0v) is 18.7. The fourth-order valence-corrected chi connectivity index (χ4v) is 3.18. The van der Waals surface area contributed by atoms with Gasteiger partial charge in [-0.3, -0.25) is 15.1 Å². The van der Waals surface area contributed by atoms with E-state index in [0.29, 0.717) is 32.8 Å². The Balaban J connectivity index is 3.21. The van der Waals surface area contributed by atoms with Gasteiger partial charge in [0.2, 0.25) is 5.91 Å². The molecule has 0 aromatic heterocycles. The standard InChI is InChI=1S/C24H36N4O2/c1-6-11-20(12-7-2)21-13-10-14-26-23(18-27-22(8-3)24(25)29)28(19(5)17-21)15-16-30-9-4/h3,6,10-13,17,19,22,27H,7,9,14-16,18H2,1-2,4-5H3,(H2,25,29)/b11-6-,13-10-,20-12+,21-17?,26-23?/t19?,22-/m0/s1. The van der Waals surface area contributed by atoms with E-state index in [0.717, 1.165) is 17.8 Å². The summed E-state index contributed by atoms with van der Waals surface area (Å²) < 4.78 is 5.59. The number of carbonyl (C=O) groups is 1. The van der Waals surface area contributed by atoms with Crippen molar-refractivity contribution in [2.45, 2.75) is 46.2 Å². The number of nitrogens with two attached hydrogens (primary N) is 1. The molecule has 1 heterocycles. The first-order valence-corrected chi connectivity index (χ1v) is 10.6. The van der Waals surface area contributed by atoms with Gasteiger partial charge in [0.25, 0.3) is 0 Å². The van der Waals surface area contributed by atoms with E-state index in [1.807, 2.05) is 19.9 Å². The third kappa shape index (κ3) is 8.40. The number of ether oxygens (including phenoxy) is 1. The first kappa shape index (κ1) is 25.4. The van der Waals surface area contributed by atoms with Crippen LogP contribution in [-0.4, -0.2) is 61.6 Å². The predicted octanol–water partition coefficient (Wildman–Crippen LogP) is 2.60. The monoisotopic (exact) mass is 412 g/mol. The molecule has 0 aromatic carbocycles. The first-order valence-electron chi connectivity index (χ1n) is 10.6. The lowest BCUT2D eigenvalue weighted by Gasteiger charge is -2.31. The van der Waals surface area contributed by atoms with Gasteiger partial charge in [0.05, 0.1) is 19.7 Å². The van der Waals surface area contributed by atoms with Crippen molar-refractivity contribution < 1.29 is 9.53 Å². The molecule has 0 saturated heterocycles. The molecule has 0 saturated carbocycles. The molecule has 6 heteroatoms. The van der Waals surface area contributed by atoms with E-state index in [1.165, 1.54) is 5.57 Å². The summed E-state index contributed by atoms with van der Waals surface area (Å²) in [5.74, 6) is 2.63. The molecule has 1 aliphatic rings. The van der Waals surface area contributed by atoms with Crippen LogP contribution in [0.1, 0.15) is 34.1 Å². The summed E-state index contributed by atoms with van der Waals surface area (Å²) >= 11 is 0. The fourth-order valence-electron chi connectivity index (χ4n) is 3.18. The van der Waals surface area contributed by atoms with Crippen LogP contribution in [0.3, 0.4) is 0 Å². The average Bonchev–Trinajstić information content (AvgIpc) is 2.78. The number of terminal acetylenes is 1.